The molecule has 2 aliphatic heterocycles. The minimum absolute atomic E-state index is 0.0422. The van der Waals surface area contributed by atoms with Gasteiger partial charge < -0.3 is 15.3 Å². The van der Waals surface area contributed by atoms with Crippen molar-refractivity contribution >= 4 is 28.5 Å². The highest BCUT2D eigenvalue weighted by molar-refractivity contribution is 5.94. The monoisotopic (exact) mass is 432 g/mol. The van der Waals surface area contributed by atoms with Crippen LogP contribution in [-0.4, -0.2) is 32.7 Å². The Morgan fingerprint density at radius 3 is 2.47 bits per heavy atom. The number of nitrogens with one attached hydrogen (secondary N) is 1. The van der Waals surface area contributed by atoms with E-state index >= 15 is 0 Å². The predicted octanol–water partition coefficient (Wildman–Crippen LogP) is 4.24. The summed E-state index contributed by atoms with van der Waals surface area (Å²) >= 11 is 0. The molecule has 2 fully saturated rings. The summed E-state index contributed by atoms with van der Waals surface area (Å²) in [7, 11) is 1.81. The summed E-state index contributed by atoms with van der Waals surface area (Å²) in [6.07, 6.45) is 4.62. The molecule has 0 aliphatic carbocycles. The molecule has 2 bridgehead atoms. The van der Waals surface area contributed by atoms with Gasteiger partial charge in [0.2, 0.25) is 5.95 Å². The molecule has 5 rings (SSSR count). The molecule has 1 unspecified atom stereocenters. The highest BCUT2D eigenvalue weighted by atomic mass is 16.4. The largest absolute Gasteiger partial charge is 0.478 e. The Kier molecular flexibility index (Phi) is 4.92. The quantitative estimate of drug-likeness (QED) is 0.627. The molecule has 1 aromatic heterocycles. The van der Waals surface area contributed by atoms with Crippen LogP contribution in [0.5, 0.6) is 0 Å². The molecule has 1 atom stereocenters. The SMILES string of the molecule is Cc1cc(C(C)Nc2ccccc2C(=O)O)c2nc(N3C4CCC3CC4)n(C)c(=O)c2c1. The first-order chi connectivity index (χ1) is 15.3. The van der Waals surface area contributed by atoms with Crippen LogP contribution >= 0.6 is 0 Å². The predicted molar refractivity (Wildman–Crippen MR) is 126 cm³/mol. The zero-order valence-electron chi connectivity index (χ0n) is 18.6. The minimum atomic E-state index is -0.979. The van der Waals surface area contributed by atoms with Gasteiger partial charge in [0, 0.05) is 30.4 Å². The molecule has 0 spiro atoms. The molecule has 2 N–H and O–H groups in total. The fraction of sp³-hybridized carbons (Fsp3) is 0.400. The van der Waals surface area contributed by atoms with E-state index < -0.39 is 5.97 Å². The summed E-state index contributed by atoms with van der Waals surface area (Å²) < 4.78 is 1.69. The van der Waals surface area contributed by atoms with Crippen LogP contribution in [-0.2, 0) is 7.05 Å². The maximum atomic E-state index is 13.4. The second kappa shape index (κ2) is 7.65. The summed E-state index contributed by atoms with van der Waals surface area (Å²) in [6.45, 7) is 3.94. The van der Waals surface area contributed by atoms with E-state index in [-0.39, 0.29) is 17.2 Å². The number of carboxylic acids is 1. The number of hydrogen-bond acceptors (Lipinski definition) is 5. The number of anilines is 2. The van der Waals surface area contributed by atoms with E-state index in [2.05, 4.69) is 10.2 Å². The molecule has 2 saturated heterocycles. The average Bonchev–Trinajstić information content (AvgIpc) is 3.36. The first-order valence-corrected chi connectivity index (χ1v) is 11.2. The van der Waals surface area contributed by atoms with Gasteiger partial charge >= 0.3 is 5.97 Å². The highest BCUT2D eigenvalue weighted by Crippen LogP contribution is 2.40. The molecular weight excluding hydrogens is 404 g/mol. The van der Waals surface area contributed by atoms with Crippen molar-refractivity contribution < 1.29 is 9.90 Å². The lowest BCUT2D eigenvalue weighted by atomic mass is 10.0. The number of nitrogens with zero attached hydrogens (tertiary/aromatic N) is 3. The fourth-order valence-electron chi connectivity index (χ4n) is 5.45. The second-order valence-corrected chi connectivity index (χ2v) is 9.11. The van der Waals surface area contributed by atoms with Gasteiger partial charge in [-0.15, -0.1) is 0 Å². The molecule has 0 saturated carbocycles. The van der Waals surface area contributed by atoms with Crippen molar-refractivity contribution in [2.75, 3.05) is 10.2 Å². The molecule has 7 nitrogen and oxygen atoms in total. The Morgan fingerprint density at radius 1 is 1.16 bits per heavy atom. The number of hydrogen-bond donors (Lipinski definition) is 2. The van der Waals surface area contributed by atoms with Crippen molar-refractivity contribution in [3.8, 4) is 0 Å². The average molecular weight is 433 g/mol. The van der Waals surface area contributed by atoms with Crippen molar-refractivity contribution in [3.63, 3.8) is 0 Å². The third-order valence-electron chi connectivity index (χ3n) is 7.01. The summed E-state index contributed by atoms with van der Waals surface area (Å²) in [6, 6.07) is 11.5. The Hall–Kier alpha value is -3.35. The van der Waals surface area contributed by atoms with E-state index in [1.54, 1.807) is 22.8 Å². The van der Waals surface area contributed by atoms with Gasteiger partial charge in [0.05, 0.1) is 22.5 Å². The van der Waals surface area contributed by atoms with Crippen LogP contribution in [0, 0.1) is 6.92 Å². The molecule has 3 heterocycles. The summed E-state index contributed by atoms with van der Waals surface area (Å²) in [5, 5.41) is 13.5. The van der Waals surface area contributed by atoms with Gasteiger partial charge in [-0.1, -0.05) is 18.2 Å². The topological polar surface area (TPSA) is 87.5 Å². The highest BCUT2D eigenvalue weighted by Gasteiger charge is 2.41. The van der Waals surface area contributed by atoms with Crippen LogP contribution in [0.25, 0.3) is 10.9 Å². The summed E-state index contributed by atoms with van der Waals surface area (Å²) in [4.78, 5) is 32.4. The zero-order valence-corrected chi connectivity index (χ0v) is 18.6. The Bertz CT molecular complexity index is 1260. The van der Waals surface area contributed by atoms with Crippen molar-refractivity contribution in [1.29, 1.82) is 0 Å². The molecule has 0 radical (unpaired) electrons. The number of rotatable bonds is 5. The molecular formula is C25H28N4O3. The van der Waals surface area contributed by atoms with Gasteiger partial charge in [-0.05, 0) is 63.3 Å². The van der Waals surface area contributed by atoms with Gasteiger partial charge in [0.1, 0.15) is 0 Å². The Morgan fingerprint density at radius 2 is 1.81 bits per heavy atom. The Labute approximate surface area is 186 Å². The molecule has 32 heavy (non-hydrogen) atoms. The standard InChI is InChI=1S/C25H28N4O3/c1-14-12-19(15(2)26-21-7-5-4-6-18(21)24(31)32)22-20(13-14)23(30)28(3)25(27-22)29-16-8-9-17(29)11-10-16/h4-7,12-13,15-17,26H,8-11H2,1-3H3,(H,31,32). The zero-order chi connectivity index (χ0) is 22.6. The number of aryl methyl sites for hydroxylation is 1. The van der Waals surface area contributed by atoms with Gasteiger partial charge in [-0.3, -0.25) is 9.36 Å². The second-order valence-electron chi connectivity index (χ2n) is 9.11. The first-order valence-electron chi connectivity index (χ1n) is 11.2. The number of fused-ring (bicyclic) bond motifs is 3. The molecule has 2 aromatic carbocycles. The number of para-hydroxylation sites is 1. The molecule has 7 heteroatoms. The smallest absolute Gasteiger partial charge is 0.337 e. The number of benzene rings is 2. The molecule has 0 amide bonds. The Balaban J connectivity index is 1.63. The lowest BCUT2D eigenvalue weighted by Gasteiger charge is -2.26. The fourth-order valence-corrected chi connectivity index (χ4v) is 5.45. The van der Waals surface area contributed by atoms with E-state index in [1.807, 2.05) is 39.1 Å². The summed E-state index contributed by atoms with van der Waals surface area (Å²) in [5.74, 6) is -0.232. The van der Waals surface area contributed by atoms with Crippen molar-refractivity contribution in [2.45, 2.75) is 57.7 Å². The van der Waals surface area contributed by atoms with E-state index in [1.165, 1.54) is 0 Å². The lowest BCUT2D eigenvalue weighted by molar-refractivity contribution is 0.0698. The van der Waals surface area contributed by atoms with Gasteiger partial charge in [-0.25, -0.2) is 9.78 Å². The maximum Gasteiger partial charge on any atom is 0.337 e. The molecule has 2 aliphatic rings. The third kappa shape index (κ3) is 3.23. The van der Waals surface area contributed by atoms with E-state index in [0.717, 1.165) is 42.8 Å². The minimum Gasteiger partial charge on any atom is -0.478 e. The first kappa shape index (κ1) is 20.5. The third-order valence-corrected chi connectivity index (χ3v) is 7.01. The number of carboxylic acid groups (broad SMARTS) is 1. The van der Waals surface area contributed by atoms with E-state index in [0.29, 0.717) is 28.7 Å². The lowest BCUT2D eigenvalue weighted by Crippen LogP contribution is -2.35. The van der Waals surface area contributed by atoms with Crippen LogP contribution in [0.15, 0.2) is 41.2 Å². The van der Waals surface area contributed by atoms with Crippen LogP contribution in [0.1, 0.15) is 60.1 Å². The van der Waals surface area contributed by atoms with Gasteiger partial charge in [0.15, 0.2) is 0 Å². The maximum absolute atomic E-state index is 13.4. The van der Waals surface area contributed by atoms with E-state index in [9.17, 15) is 14.7 Å². The van der Waals surface area contributed by atoms with E-state index in [4.69, 9.17) is 4.98 Å². The van der Waals surface area contributed by atoms with Crippen LogP contribution < -0.4 is 15.8 Å². The normalized spacial score (nSPS) is 20.7. The molecule has 166 valence electrons. The summed E-state index contributed by atoms with van der Waals surface area (Å²) in [5.41, 5.74) is 3.27. The van der Waals surface area contributed by atoms with Gasteiger partial charge in [0.25, 0.3) is 5.56 Å². The van der Waals surface area contributed by atoms with Crippen molar-refractivity contribution in [3.05, 3.63) is 63.4 Å². The van der Waals surface area contributed by atoms with Crippen LogP contribution in [0.4, 0.5) is 11.6 Å². The number of aromatic carboxylic acids is 1. The number of carbonyl (C=O) groups is 1. The molecule has 3 aromatic rings. The van der Waals surface area contributed by atoms with Crippen molar-refractivity contribution in [2.24, 2.45) is 7.05 Å². The van der Waals surface area contributed by atoms with Crippen LogP contribution in [0.2, 0.25) is 0 Å². The van der Waals surface area contributed by atoms with Crippen LogP contribution in [0.3, 0.4) is 0 Å². The number of aromatic nitrogens is 2. The van der Waals surface area contributed by atoms with Gasteiger partial charge in [-0.2, -0.15) is 0 Å². The van der Waals surface area contributed by atoms with Crippen molar-refractivity contribution in [1.82, 2.24) is 9.55 Å².